The van der Waals surface area contributed by atoms with E-state index in [1.807, 2.05) is 0 Å². The molecule has 0 fully saturated rings. The highest BCUT2D eigenvalue weighted by atomic mass is 16.5. The second-order valence-electron chi connectivity index (χ2n) is 2.03. The zero-order chi connectivity index (χ0) is 7.98. The third-order valence-corrected chi connectivity index (χ3v) is 1.07. The van der Waals surface area contributed by atoms with E-state index >= 15 is 0 Å². The molecule has 0 radical (unpaired) electrons. The highest BCUT2D eigenvalue weighted by molar-refractivity contribution is 5.67. The first-order chi connectivity index (χ1) is 4.66. The van der Waals surface area contributed by atoms with Crippen molar-refractivity contribution in [2.45, 2.75) is 18.9 Å². The number of carbonyl (C=O) groups is 1. The van der Waals surface area contributed by atoms with Crippen molar-refractivity contribution in [3.63, 3.8) is 0 Å². The summed E-state index contributed by atoms with van der Waals surface area (Å²) < 4.78 is 4.64. The van der Waals surface area contributed by atoms with Gasteiger partial charge in [-0.3, -0.25) is 4.79 Å². The van der Waals surface area contributed by atoms with Gasteiger partial charge < -0.3 is 14.9 Å². The molecule has 0 heterocycles. The fourth-order valence-electron chi connectivity index (χ4n) is 0.558. The smallest absolute Gasteiger partial charge is 0.305 e. The molecule has 0 amide bonds. The number of hydrogen-bond acceptors (Lipinski definition) is 3. The van der Waals surface area contributed by atoms with E-state index in [2.05, 4.69) is 4.74 Å². The lowest BCUT2D eigenvalue weighted by molar-refractivity contribution is -0.139. The predicted octanol–water partition coefficient (Wildman–Crippen LogP) is -0.142. The lowest BCUT2D eigenvalue weighted by atomic mass is 10.2. The zero-order valence-electron chi connectivity index (χ0n) is 5.91. The molecule has 0 aromatic heterocycles. The highest BCUT2D eigenvalue weighted by Crippen LogP contribution is 1.96. The summed E-state index contributed by atoms with van der Waals surface area (Å²) in [6, 6.07) is 0. The summed E-state index contributed by atoms with van der Waals surface area (Å²) in [5.74, 6) is -0.983. The minimum atomic E-state index is -0.983. The van der Waals surface area contributed by atoms with Crippen LogP contribution >= 0.6 is 0 Å². The molecule has 1 atom stereocenters. The number of carboxylic acids is 1. The quantitative estimate of drug-likeness (QED) is 0.569. The van der Waals surface area contributed by atoms with Crippen LogP contribution in [0.2, 0.25) is 0 Å². The number of methoxy groups -OCH3 is 1. The third kappa shape index (κ3) is 5.53. The maximum absolute atomic E-state index is 9.97. The fourth-order valence-corrected chi connectivity index (χ4v) is 0.558. The maximum atomic E-state index is 9.97. The molecule has 0 bridgehead atoms. The molecule has 4 nitrogen and oxygen atoms in total. The average Bonchev–Trinajstić information content (AvgIpc) is 1.82. The van der Waals surface area contributed by atoms with Gasteiger partial charge in [0.2, 0.25) is 0 Å². The summed E-state index contributed by atoms with van der Waals surface area (Å²) in [6.45, 7) is 0.397. The van der Waals surface area contributed by atoms with Crippen molar-refractivity contribution in [1.29, 1.82) is 0 Å². The molecule has 0 rings (SSSR count). The molecule has 60 valence electrons. The summed E-state index contributed by atoms with van der Waals surface area (Å²) in [4.78, 5) is 9.97. The van der Waals surface area contributed by atoms with E-state index in [1.165, 1.54) is 7.11 Å². The molecule has 0 aliphatic carbocycles. The van der Waals surface area contributed by atoms with Gasteiger partial charge >= 0.3 is 5.97 Å². The van der Waals surface area contributed by atoms with E-state index < -0.39 is 12.1 Å². The van der Waals surface area contributed by atoms with Crippen molar-refractivity contribution >= 4 is 5.97 Å². The number of rotatable bonds is 5. The number of carboxylic acid groups (broad SMARTS) is 1. The van der Waals surface area contributed by atoms with Gasteiger partial charge in [0.15, 0.2) is 0 Å². The van der Waals surface area contributed by atoms with Crippen LogP contribution in [0.1, 0.15) is 12.8 Å². The van der Waals surface area contributed by atoms with Crippen molar-refractivity contribution in [3.05, 3.63) is 0 Å². The molecule has 0 aliphatic heterocycles. The van der Waals surface area contributed by atoms with Gasteiger partial charge in [0.25, 0.3) is 0 Å². The van der Waals surface area contributed by atoms with Gasteiger partial charge in [-0.2, -0.15) is 0 Å². The van der Waals surface area contributed by atoms with Crippen LogP contribution in [0.3, 0.4) is 0 Å². The Balaban J connectivity index is 3.25. The van der Waals surface area contributed by atoms with Gasteiger partial charge in [-0.1, -0.05) is 0 Å². The monoisotopic (exact) mass is 148 g/mol. The molecule has 0 aromatic carbocycles. The first kappa shape index (κ1) is 9.39. The van der Waals surface area contributed by atoms with Crippen LogP contribution in [-0.2, 0) is 9.53 Å². The first-order valence-electron chi connectivity index (χ1n) is 3.05. The number of hydrogen-bond donors (Lipinski definition) is 2. The second kappa shape index (κ2) is 5.20. The van der Waals surface area contributed by atoms with Crippen molar-refractivity contribution in [1.82, 2.24) is 0 Å². The van der Waals surface area contributed by atoms with E-state index in [9.17, 15) is 4.79 Å². The molecule has 4 heteroatoms. The van der Waals surface area contributed by atoms with Gasteiger partial charge in [-0.05, 0) is 6.42 Å². The Morgan fingerprint density at radius 1 is 1.70 bits per heavy atom. The molecular formula is C6H12O4. The van der Waals surface area contributed by atoms with Crippen LogP contribution < -0.4 is 0 Å². The first-order valence-corrected chi connectivity index (χ1v) is 3.05. The number of ether oxygens (including phenoxy) is 1. The Bertz CT molecular complexity index is 102. The van der Waals surface area contributed by atoms with E-state index in [0.717, 1.165) is 0 Å². The minimum Gasteiger partial charge on any atom is -0.481 e. The SMILES string of the molecule is COCCC(O)CC(=O)O. The summed E-state index contributed by atoms with van der Waals surface area (Å²) in [7, 11) is 1.51. The van der Waals surface area contributed by atoms with Crippen LogP contribution in [-0.4, -0.2) is 36.0 Å². The van der Waals surface area contributed by atoms with Gasteiger partial charge in [0.1, 0.15) is 0 Å². The number of aliphatic hydroxyl groups is 1. The Morgan fingerprint density at radius 3 is 2.70 bits per heavy atom. The lowest BCUT2D eigenvalue weighted by Crippen LogP contribution is -2.14. The lowest BCUT2D eigenvalue weighted by Gasteiger charge is -2.05. The van der Waals surface area contributed by atoms with Gasteiger partial charge in [0.05, 0.1) is 12.5 Å². The fraction of sp³-hybridized carbons (Fsp3) is 0.833. The molecule has 1 unspecified atom stereocenters. The topological polar surface area (TPSA) is 66.8 Å². The van der Waals surface area contributed by atoms with E-state index in [4.69, 9.17) is 10.2 Å². The standard InChI is InChI=1S/C6H12O4/c1-10-3-2-5(7)4-6(8)9/h5,7H,2-4H2,1H3,(H,8,9). The van der Waals surface area contributed by atoms with Crippen LogP contribution in [0.15, 0.2) is 0 Å². The van der Waals surface area contributed by atoms with Gasteiger partial charge in [-0.15, -0.1) is 0 Å². The van der Waals surface area contributed by atoms with Crippen LogP contribution in [0, 0.1) is 0 Å². The Morgan fingerprint density at radius 2 is 2.30 bits per heavy atom. The maximum Gasteiger partial charge on any atom is 0.305 e. The third-order valence-electron chi connectivity index (χ3n) is 1.07. The van der Waals surface area contributed by atoms with Crippen molar-refractivity contribution in [2.24, 2.45) is 0 Å². The zero-order valence-corrected chi connectivity index (χ0v) is 5.91. The number of aliphatic hydroxyl groups excluding tert-OH is 1. The van der Waals surface area contributed by atoms with Gasteiger partial charge in [0, 0.05) is 13.7 Å². The van der Waals surface area contributed by atoms with Crippen LogP contribution in [0.25, 0.3) is 0 Å². The molecule has 10 heavy (non-hydrogen) atoms. The molecular weight excluding hydrogens is 136 g/mol. The normalized spacial score (nSPS) is 13.0. The largest absolute Gasteiger partial charge is 0.481 e. The average molecular weight is 148 g/mol. The molecule has 0 saturated carbocycles. The van der Waals surface area contributed by atoms with Gasteiger partial charge in [-0.25, -0.2) is 0 Å². The highest BCUT2D eigenvalue weighted by Gasteiger charge is 2.07. The molecule has 0 spiro atoms. The molecule has 2 N–H and O–H groups in total. The molecule has 0 aromatic rings. The van der Waals surface area contributed by atoms with Crippen LogP contribution in [0.4, 0.5) is 0 Å². The summed E-state index contributed by atoms with van der Waals surface area (Å²) in [5.41, 5.74) is 0. The van der Waals surface area contributed by atoms with Crippen molar-refractivity contribution < 1.29 is 19.7 Å². The summed E-state index contributed by atoms with van der Waals surface area (Å²) in [6.07, 6.45) is -0.607. The Labute approximate surface area is 59.4 Å². The van der Waals surface area contributed by atoms with Crippen molar-refractivity contribution in [2.75, 3.05) is 13.7 Å². The Hall–Kier alpha value is -0.610. The molecule has 0 aliphatic rings. The second-order valence-corrected chi connectivity index (χ2v) is 2.03. The van der Waals surface area contributed by atoms with Crippen molar-refractivity contribution in [3.8, 4) is 0 Å². The Kier molecular flexibility index (Phi) is 4.88. The number of aliphatic carboxylic acids is 1. The summed E-state index contributed by atoms with van der Waals surface area (Å²) in [5, 5.41) is 17.1. The van der Waals surface area contributed by atoms with E-state index in [1.54, 1.807) is 0 Å². The van der Waals surface area contributed by atoms with E-state index in [-0.39, 0.29) is 6.42 Å². The predicted molar refractivity (Wildman–Crippen MR) is 34.8 cm³/mol. The van der Waals surface area contributed by atoms with E-state index in [0.29, 0.717) is 13.0 Å². The van der Waals surface area contributed by atoms with Crippen LogP contribution in [0.5, 0.6) is 0 Å². The summed E-state index contributed by atoms with van der Waals surface area (Å²) >= 11 is 0. The molecule has 0 saturated heterocycles. The minimum absolute atomic E-state index is 0.205.